The largest absolute Gasteiger partial charge is 0.342 e. The smallest absolute Gasteiger partial charge is 0.261 e. The zero-order valence-corrected chi connectivity index (χ0v) is 13.6. The SMILES string of the molecule is O=C(CNC(=O)c1cc2c(s1)CCCC2)Nc1ccc(F)c(F)c1. The van der Waals surface area contributed by atoms with Gasteiger partial charge in [-0.3, -0.25) is 9.59 Å². The molecule has 7 heteroatoms. The second-order valence-electron chi connectivity index (χ2n) is 5.63. The number of hydrogen-bond acceptors (Lipinski definition) is 3. The van der Waals surface area contributed by atoms with Gasteiger partial charge in [-0.1, -0.05) is 0 Å². The number of anilines is 1. The van der Waals surface area contributed by atoms with E-state index in [1.807, 2.05) is 6.07 Å². The first-order valence-electron chi connectivity index (χ1n) is 7.67. The summed E-state index contributed by atoms with van der Waals surface area (Å²) in [5.74, 6) is -2.82. The van der Waals surface area contributed by atoms with E-state index in [9.17, 15) is 18.4 Å². The second-order valence-corrected chi connectivity index (χ2v) is 6.76. The number of aryl methyl sites for hydroxylation is 2. The van der Waals surface area contributed by atoms with Crippen molar-refractivity contribution in [1.82, 2.24) is 5.32 Å². The third kappa shape index (κ3) is 3.79. The number of hydrogen-bond donors (Lipinski definition) is 2. The third-order valence-electron chi connectivity index (χ3n) is 3.83. The summed E-state index contributed by atoms with van der Waals surface area (Å²) in [6, 6.07) is 4.97. The van der Waals surface area contributed by atoms with Crippen molar-refractivity contribution in [1.29, 1.82) is 0 Å². The van der Waals surface area contributed by atoms with Gasteiger partial charge in [-0.15, -0.1) is 11.3 Å². The summed E-state index contributed by atoms with van der Waals surface area (Å²) in [6.07, 6.45) is 4.28. The van der Waals surface area contributed by atoms with Gasteiger partial charge in [-0.25, -0.2) is 8.78 Å². The Morgan fingerprint density at radius 1 is 1.08 bits per heavy atom. The molecule has 1 aliphatic rings. The van der Waals surface area contributed by atoms with Gasteiger partial charge in [0.15, 0.2) is 11.6 Å². The molecule has 4 nitrogen and oxygen atoms in total. The number of fused-ring (bicyclic) bond motifs is 1. The van der Waals surface area contributed by atoms with E-state index < -0.39 is 17.5 Å². The summed E-state index contributed by atoms with van der Waals surface area (Å²) in [7, 11) is 0. The molecule has 1 aliphatic carbocycles. The summed E-state index contributed by atoms with van der Waals surface area (Å²) in [4.78, 5) is 25.8. The van der Waals surface area contributed by atoms with E-state index in [4.69, 9.17) is 0 Å². The molecular formula is C17H16F2N2O2S. The molecule has 24 heavy (non-hydrogen) atoms. The van der Waals surface area contributed by atoms with Crippen molar-refractivity contribution in [2.75, 3.05) is 11.9 Å². The van der Waals surface area contributed by atoms with Crippen molar-refractivity contribution in [2.45, 2.75) is 25.7 Å². The first-order chi connectivity index (χ1) is 11.5. The van der Waals surface area contributed by atoms with E-state index in [1.165, 1.54) is 27.8 Å². The van der Waals surface area contributed by atoms with Gasteiger partial charge in [-0.2, -0.15) is 0 Å². The molecule has 0 spiro atoms. The summed E-state index contributed by atoms with van der Waals surface area (Å²) in [5.41, 5.74) is 1.36. The van der Waals surface area contributed by atoms with Crippen LogP contribution < -0.4 is 10.6 Å². The number of halogens is 2. The van der Waals surface area contributed by atoms with Gasteiger partial charge in [0, 0.05) is 16.6 Å². The van der Waals surface area contributed by atoms with Crippen LogP contribution in [0.1, 0.15) is 33.0 Å². The van der Waals surface area contributed by atoms with Gasteiger partial charge in [0.05, 0.1) is 11.4 Å². The minimum atomic E-state index is -1.04. The Morgan fingerprint density at radius 3 is 2.62 bits per heavy atom. The Hall–Kier alpha value is -2.28. The fourth-order valence-corrected chi connectivity index (χ4v) is 3.80. The maximum atomic E-state index is 13.1. The molecule has 2 N–H and O–H groups in total. The maximum Gasteiger partial charge on any atom is 0.261 e. The average Bonchev–Trinajstić information content (AvgIpc) is 3.00. The number of carbonyl (C=O) groups excluding carboxylic acids is 2. The molecule has 0 aliphatic heterocycles. The first-order valence-corrected chi connectivity index (χ1v) is 8.49. The lowest BCUT2D eigenvalue weighted by Gasteiger charge is -2.08. The summed E-state index contributed by atoms with van der Waals surface area (Å²) in [6.45, 7) is -0.236. The molecule has 0 fully saturated rings. The highest BCUT2D eigenvalue weighted by molar-refractivity contribution is 7.14. The second kappa shape index (κ2) is 7.09. The van der Waals surface area contributed by atoms with Gasteiger partial charge in [0.25, 0.3) is 5.91 Å². The van der Waals surface area contributed by atoms with Crippen LogP contribution >= 0.6 is 11.3 Å². The van der Waals surface area contributed by atoms with Crippen LogP contribution in [-0.2, 0) is 17.6 Å². The molecule has 2 aromatic rings. The van der Waals surface area contributed by atoms with Crippen LogP contribution in [0.3, 0.4) is 0 Å². The number of benzene rings is 1. The molecule has 126 valence electrons. The molecular weight excluding hydrogens is 334 g/mol. The summed E-state index contributed by atoms with van der Waals surface area (Å²) in [5, 5.41) is 4.95. The molecule has 0 saturated carbocycles. The Morgan fingerprint density at radius 2 is 1.88 bits per heavy atom. The Labute approximate surface area is 141 Å². The highest BCUT2D eigenvalue weighted by Gasteiger charge is 2.17. The van der Waals surface area contributed by atoms with E-state index in [0.29, 0.717) is 4.88 Å². The molecule has 1 heterocycles. The number of carbonyl (C=O) groups is 2. The monoisotopic (exact) mass is 350 g/mol. The van der Waals surface area contributed by atoms with E-state index in [0.717, 1.165) is 37.8 Å². The van der Waals surface area contributed by atoms with Crippen molar-refractivity contribution < 1.29 is 18.4 Å². The van der Waals surface area contributed by atoms with Gasteiger partial charge < -0.3 is 10.6 Å². The van der Waals surface area contributed by atoms with Crippen LogP contribution in [0.2, 0.25) is 0 Å². The van der Waals surface area contributed by atoms with Gasteiger partial charge in [-0.05, 0) is 49.4 Å². The fourth-order valence-electron chi connectivity index (χ4n) is 2.63. The Kier molecular flexibility index (Phi) is 4.89. The Balaban J connectivity index is 1.54. The molecule has 0 unspecified atom stereocenters. The van der Waals surface area contributed by atoms with E-state index in [-0.39, 0.29) is 18.1 Å². The molecule has 1 aromatic heterocycles. The predicted octanol–water partition coefficient (Wildman–Crippen LogP) is 3.27. The third-order valence-corrected chi connectivity index (χ3v) is 5.07. The van der Waals surface area contributed by atoms with E-state index in [2.05, 4.69) is 10.6 Å². The van der Waals surface area contributed by atoms with Gasteiger partial charge in [0.2, 0.25) is 5.91 Å². The van der Waals surface area contributed by atoms with Crippen molar-refractivity contribution in [3.05, 3.63) is 51.2 Å². The van der Waals surface area contributed by atoms with Crippen molar-refractivity contribution >= 4 is 28.8 Å². The molecule has 0 radical (unpaired) electrons. The average molecular weight is 350 g/mol. The van der Waals surface area contributed by atoms with Crippen LogP contribution in [-0.4, -0.2) is 18.4 Å². The van der Waals surface area contributed by atoms with Gasteiger partial charge >= 0.3 is 0 Å². The number of amides is 2. The van der Waals surface area contributed by atoms with E-state index >= 15 is 0 Å². The van der Waals surface area contributed by atoms with Crippen molar-refractivity contribution in [3.8, 4) is 0 Å². The van der Waals surface area contributed by atoms with Gasteiger partial charge in [0.1, 0.15) is 0 Å². The zero-order valence-electron chi connectivity index (χ0n) is 12.8. The normalized spacial score (nSPS) is 13.2. The number of nitrogens with one attached hydrogen (secondary N) is 2. The lowest BCUT2D eigenvalue weighted by molar-refractivity contribution is -0.115. The first kappa shape index (κ1) is 16.6. The molecule has 0 bridgehead atoms. The topological polar surface area (TPSA) is 58.2 Å². The van der Waals surface area contributed by atoms with Crippen molar-refractivity contribution in [3.63, 3.8) is 0 Å². The summed E-state index contributed by atoms with van der Waals surface area (Å²) >= 11 is 1.47. The fraction of sp³-hybridized carbons (Fsp3) is 0.294. The number of rotatable bonds is 4. The van der Waals surface area contributed by atoms with E-state index in [1.54, 1.807) is 0 Å². The molecule has 3 rings (SSSR count). The lowest BCUT2D eigenvalue weighted by Crippen LogP contribution is -2.32. The molecule has 2 amide bonds. The highest BCUT2D eigenvalue weighted by atomic mass is 32.1. The lowest BCUT2D eigenvalue weighted by atomic mass is 9.99. The maximum absolute atomic E-state index is 13.1. The minimum Gasteiger partial charge on any atom is -0.342 e. The summed E-state index contributed by atoms with van der Waals surface area (Å²) < 4.78 is 25.9. The predicted molar refractivity (Wildman–Crippen MR) is 88.3 cm³/mol. The van der Waals surface area contributed by atoms with Crippen LogP contribution in [0.25, 0.3) is 0 Å². The number of thiophene rings is 1. The van der Waals surface area contributed by atoms with Crippen LogP contribution in [0, 0.1) is 11.6 Å². The van der Waals surface area contributed by atoms with Crippen LogP contribution in [0.15, 0.2) is 24.3 Å². The molecule has 0 atom stereocenters. The van der Waals surface area contributed by atoms with Crippen LogP contribution in [0.5, 0.6) is 0 Å². The highest BCUT2D eigenvalue weighted by Crippen LogP contribution is 2.29. The van der Waals surface area contributed by atoms with Crippen molar-refractivity contribution in [2.24, 2.45) is 0 Å². The standard InChI is InChI=1S/C17H16F2N2O2S/c18-12-6-5-11(8-13(12)19)21-16(22)9-20-17(23)15-7-10-3-1-2-4-14(10)24-15/h5-8H,1-4,9H2,(H,20,23)(H,21,22). The molecule has 1 aromatic carbocycles. The molecule has 0 saturated heterocycles. The minimum absolute atomic E-state index is 0.139. The van der Waals surface area contributed by atoms with Crippen LogP contribution in [0.4, 0.5) is 14.5 Å². The quantitative estimate of drug-likeness (QED) is 0.889. The zero-order chi connectivity index (χ0) is 17.1. The Bertz CT molecular complexity index is 765.